The van der Waals surface area contributed by atoms with Crippen LogP contribution in [-0.4, -0.2) is 35.8 Å². The zero-order valence-corrected chi connectivity index (χ0v) is 18.0. The Labute approximate surface area is 182 Å². The molecule has 0 fully saturated rings. The summed E-state index contributed by atoms with van der Waals surface area (Å²) in [7, 11) is 1.55. The average molecular weight is 444 g/mol. The quantitative estimate of drug-likeness (QED) is 0.551. The molecule has 2 heterocycles. The van der Waals surface area contributed by atoms with Crippen LogP contribution in [0.2, 0.25) is 0 Å². The summed E-state index contributed by atoms with van der Waals surface area (Å²) in [5.74, 6) is -1.76. The lowest BCUT2D eigenvalue weighted by Crippen LogP contribution is -2.37. The van der Waals surface area contributed by atoms with E-state index in [1.807, 2.05) is 0 Å². The second kappa shape index (κ2) is 9.57. The number of carbonyl (C=O) groups is 3. The fraction of sp³-hybridized carbons (Fsp3) is 0.227. The molecule has 0 aliphatic rings. The number of likely N-dealkylation sites (N-methyl/N-ethyl adjacent to an activating group) is 1. The van der Waals surface area contributed by atoms with Gasteiger partial charge in [0.2, 0.25) is 0 Å². The molecule has 9 heteroatoms. The molecule has 2 amide bonds. The smallest absolute Gasteiger partial charge is 0.349 e. The van der Waals surface area contributed by atoms with E-state index in [1.165, 1.54) is 36.3 Å². The number of benzene rings is 1. The highest BCUT2D eigenvalue weighted by molar-refractivity contribution is 7.18. The van der Waals surface area contributed by atoms with Crippen LogP contribution in [0.4, 0.5) is 9.39 Å². The summed E-state index contributed by atoms with van der Waals surface area (Å²) < 4.78 is 23.7. The van der Waals surface area contributed by atoms with Crippen molar-refractivity contribution in [3.63, 3.8) is 0 Å². The third kappa shape index (κ3) is 5.58. The molecule has 1 N–H and O–H groups in total. The number of esters is 1. The van der Waals surface area contributed by atoms with Gasteiger partial charge in [-0.2, -0.15) is 0 Å². The van der Waals surface area contributed by atoms with Gasteiger partial charge in [0.25, 0.3) is 11.8 Å². The van der Waals surface area contributed by atoms with Crippen molar-refractivity contribution in [2.75, 3.05) is 12.4 Å². The van der Waals surface area contributed by atoms with Gasteiger partial charge in [0.15, 0.2) is 11.9 Å². The predicted molar refractivity (Wildman–Crippen MR) is 113 cm³/mol. The monoisotopic (exact) mass is 444 g/mol. The van der Waals surface area contributed by atoms with Crippen LogP contribution in [0.15, 0.2) is 53.1 Å². The Kier molecular flexibility index (Phi) is 6.86. The molecule has 0 spiro atoms. The first-order valence-corrected chi connectivity index (χ1v) is 10.2. The highest BCUT2D eigenvalue weighted by Crippen LogP contribution is 2.28. The first kappa shape index (κ1) is 22.2. The summed E-state index contributed by atoms with van der Waals surface area (Å²) in [5.41, 5.74) is 1.23. The van der Waals surface area contributed by atoms with Gasteiger partial charge in [-0.25, -0.2) is 9.18 Å². The minimum atomic E-state index is -1.03. The number of hydrogen-bond acceptors (Lipinski definition) is 6. The molecule has 31 heavy (non-hydrogen) atoms. The summed E-state index contributed by atoms with van der Waals surface area (Å²) in [6.45, 7) is 3.36. The van der Waals surface area contributed by atoms with Crippen LogP contribution in [-0.2, 0) is 16.1 Å². The number of anilines is 1. The summed E-state index contributed by atoms with van der Waals surface area (Å²) >= 11 is 1.04. The number of amides is 2. The summed E-state index contributed by atoms with van der Waals surface area (Å²) in [6.07, 6.45) is 0.356. The molecule has 0 aliphatic carbocycles. The SMILES string of the molecule is Cc1cc(NC(=O)c2ccco2)sc1C(=O)OC(C)C(=O)N(C)Cc1cccc(F)c1. The maximum atomic E-state index is 13.3. The van der Waals surface area contributed by atoms with E-state index in [1.54, 1.807) is 38.2 Å². The zero-order valence-electron chi connectivity index (χ0n) is 17.2. The molecular weight excluding hydrogens is 423 g/mol. The fourth-order valence-corrected chi connectivity index (χ4v) is 3.84. The Morgan fingerprint density at radius 2 is 2.00 bits per heavy atom. The predicted octanol–water partition coefficient (Wildman–Crippen LogP) is 4.24. The van der Waals surface area contributed by atoms with Crippen LogP contribution in [0.3, 0.4) is 0 Å². The molecule has 3 aromatic rings. The van der Waals surface area contributed by atoms with Crippen molar-refractivity contribution >= 4 is 34.1 Å². The molecule has 3 rings (SSSR count). The van der Waals surface area contributed by atoms with Gasteiger partial charge in [-0.15, -0.1) is 11.3 Å². The molecule has 0 aliphatic heterocycles. The number of thiophene rings is 1. The van der Waals surface area contributed by atoms with Crippen LogP contribution in [0, 0.1) is 12.7 Å². The van der Waals surface area contributed by atoms with Crippen molar-refractivity contribution in [3.8, 4) is 0 Å². The van der Waals surface area contributed by atoms with Crippen LogP contribution >= 0.6 is 11.3 Å². The fourth-order valence-electron chi connectivity index (χ4n) is 2.89. The summed E-state index contributed by atoms with van der Waals surface area (Å²) in [5, 5.41) is 3.11. The number of nitrogens with zero attached hydrogens (tertiary/aromatic N) is 1. The van der Waals surface area contributed by atoms with E-state index >= 15 is 0 Å². The van der Waals surface area contributed by atoms with Gasteiger partial charge in [0.05, 0.1) is 11.3 Å². The Bertz CT molecular complexity index is 1090. The van der Waals surface area contributed by atoms with Gasteiger partial charge < -0.3 is 19.4 Å². The molecule has 1 unspecified atom stereocenters. The Balaban J connectivity index is 1.60. The summed E-state index contributed by atoms with van der Waals surface area (Å²) in [4.78, 5) is 38.9. The molecule has 0 saturated heterocycles. The van der Waals surface area contributed by atoms with Gasteiger partial charge in [-0.05, 0) is 55.3 Å². The second-order valence-electron chi connectivity index (χ2n) is 6.93. The molecule has 0 saturated carbocycles. The number of halogens is 1. The highest BCUT2D eigenvalue weighted by Gasteiger charge is 2.25. The minimum absolute atomic E-state index is 0.149. The molecule has 1 aromatic carbocycles. The van der Waals surface area contributed by atoms with E-state index < -0.39 is 23.9 Å². The topological polar surface area (TPSA) is 88.9 Å². The van der Waals surface area contributed by atoms with Gasteiger partial charge in [-0.1, -0.05) is 12.1 Å². The maximum Gasteiger partial charge on any atom is 0.349 e. The zero-order chi connectivity index (χ0) is 22.5. The van der Waals surface area contributed by atoms with E-state index in [9.17, 15) is 18.8 Å². The van der Waals surface area contributed by atoms with Gasteiger partial charge in [0, 0.05) is 13.6 Å². The van der Waals surface area contributed by atoms with Crippen molar-refractivity contribution in [2.24, 2.45) is 0 Å². The van der Waals surface area contributed by atoms with E-state index in [4.69, 9.17) is 9.15 Å². The number of nitrogens with one attached hydrogen (secondary N) is 1. The first-order valence-electron chi connectivity index (χ1n) is 9.40. The highest BCUT2D eigenvalue weighted by atomic mass is 32.1. The molecule has 1 atom stereocenters. The van der Waals surface area contributed by atoms with Gasteiger partial charge in [-0.3, -0.25) is 9.59 Å². The number of hydrogen-bond donors (Lipinski definition) is 1. The maximum absolute atomic E-state index is 13.3. The van der Waals surface area contributed by atoms with Gasteiger partial charge in [0.1, 0.15) is 10.7 Å². The Morgan fingerprint density at radius 3 is 2.68 bits per heavy atom. The summed E-state index contributed by atoms with van der Waals surface area (Å²) in [6, 6.07) is 10.7. The number of carbonyl (C=O) groups excluding carboxylic acids is 3. The lowest BCUT2D eigenvalue weighted by Gasteiger charge is -2.21. The van der Waals surface area contributed by atoms with E-state index in [2.05, 4.69) is 5.32 Å². The molecule has 7 nitrogen and oxygen atoms in total. The van der Waals surface area contributed by atoms with Crippen molar-refractivity contribution < 1.29 is 27.9 Å². The van der Waals surface area contributed by atoms with Crippen molar-refractivity contribution in [3.05, 3.63) is 76.3 Å². The molecule has 0 radical (unpaired) electrons. The van der Waals surface area contributed by atoms with E-state index in [-0.39, 0.29) is 23.0 Å². The molecule has 2 aromatic heterocycles. The van der Waals surface area contributed by atoms with Crippen LogP contribution in [0.1, 0.15) is 38.3 Å². The van der Waals surface area contributed by atoms with Crippen molar-refractivity contribution in [2.45, 2.75) is 26.5 Å². The normalized spacial score (nSPS) is 11.6. The van der Waals surface area contributed by atoms with Crippen molar-refractivity contribution in [1.82, 2.24) is 4.90 Å². The Morgan fingerprint density at radius 1 is 1.23 bits per heavy atom. The third-order valence-corrected chi connectivity index (χ3v) is 5.53. The Hall–Kier alpha value is -3.46. The number of furan rings is 1. The van der Waals surface area contributed by atoms with E-state index in [0.29, 0.717) is 16.1 Å². The molecular formula is C22H21FN2O5S. The third-order valence-electron chi connectivity index (χ3n) is 4.40. The van der Waals surface area contributed by atoms with Crippen LogP contribution < -0.4 is 5.32 Å². The number of aryl methyl sites for hydroxylation is 1. The lowest BCUT2D eigenvalue weighted by atomic mass is 10.2. The average Bonchev–Trinajstić information content (AvgIpc) is 3.37. The standard InChI is InChI=1S/C22H21FN2O5S/c1-13-10-18(24-20(26)17-8-5-9-29-17)31-19(13)22(28)30-14(2)21(27)25(3)12-15-6-4-7-16(23)11-15/h4-11,14H,12H2,1-3H3,(H,24,26). The van der Waals surface area contributed by atoms with E-state index in [0.717, 1.165) is 11.3 Å². The van der Waals surface area contributed by atoms with Crippen molar-refractivity contribution in [1.29, 1.82) is 0 Å². The first-order chi connectivity index (χ1) is 14.7. The molecule has 162 valence electrons. The number of rotatable bonds is 7. The van der Waals surface area contributed by atoms with Crippen LogP contribution in [0.25, 0.3) is 0 Å². The second-order valence-corrected chi connectivity index (χ2v) is 7.98. The lowest BCUT2D eigenvalue weighted by molar-refractivity contribution is -0.139. The largest absolute Gasteiger partial charge is 0.459 e. The van der Waals surface area contributed by atoms with Gasteiger partial charge >= 0.3 is 5.97 Å². The number of ether oxygens (including phenoxy) is 1. The molecule has 0 bridgehead atoms. The van der Waals surface area contributed by atoms with Crippen LogP contribution in [0.5, 0.6) is 0 Å². The minimum Gasteiger partial charge on any atom is -0.459 e.